The van der Waals surface area contributed by atoms with Crippen LogP contribution in [0.3, 0.4) is 0 Å². The van der Waals surface area contributed by atoms with Crippen LogP contribution in [0.4, 0.5) is 14.5 Å². The molecule has 0 aromatic heterocycles. The van der Waals surface area contributed by atoms with Gasteiger partial charge in [-0.25, -0.2) is 17.2 Å². The van der Waals surface area contributed by atoms with Crippen LogP contribution in [0.1, 0.15) is 5.56 Å². The Bertz CT molecular complexity index is 763. The molecular weight excluding hydrogens is 298 g/mol. The number of sulfonamides is 1. The zero-order valence-corrected chi connectivity index (χ0v) is 12.1. The first-order chi connectivity index (χ1) is 9.82. The highest BCUT2D eigenvalue weighted by Gasteiger charge is 2.23. The molecule has 0 heterocycles. The van der Waals surface area contributed by atoms with E-state index in [0.29, 0.717) is 6.07 Å². The lowest BCUT2D eigenvalue weighted by atomic mass is 10.2. The summed E-state index contributed by atoms with van der Waals surface area (Å²) in [7, 11) is -2.54. The number of benzene rings is 2. The van der Waals surface area contributed by atoms with Gasteiger partial charge in [-0.15, -0.1) is 0 Å². The monoisotopic (exact) mass is 312 g/mol. The van der Waals surface area contributed by atoms with Crippen LogP contribution in [-0.2, 0) is 16.6 Å². The normalized spacial score (nSPS) is 11.8. The summed E-state index contributed by atoms with van der Waals surface area (Å²) in [5.74, 6) is -1.51. The standard InChI is InChI=1S/C14H14F2N2O2S/c1-18(9-10-6-7-11(15)8-12(10)16)21(19,20)14-5-3-2-4-13(14)17/h2-8H,9,17H2,1H3. The summed E-state index contributed by atoms with van der Waals surface area (Å²) < 4.78 is 52.2. The number of rotatable bonds is 4. The molecule has 21 heavy (non-hydrogen) atoms. The van der Waals surface area contributed by atoms with Crippen molar-refractivity contribution >= 4 is 15.7 Å². The van der Waals surface area contributed by atoms with Gasteiger partial charge < -0.3 is 5.73 Å². The van der Waals surface area contributed by atoms with Gasteiger partial charge in [-0.2, -0.15) is 4.31 Å². The third-order valence-corrected chi connectivity index (χ3v) is 4.89. The van der Waals surface area contributed by atoms with E-state index in [1.807, 2.05) is 0 Å². The molecule has 0 unspecified atom stereocenters. The van der Waals surface area contributed by atoms with Gasteiger partial charge in [0, 0.05) is 25.2 Å². The Labute approximate surface area is 121 Å². The molecule has 2 aromatic rings. The Hall–Kier alpha value is -1.99. The van der Waals surface area contributed by atoms with Gasteiger partial charge >= 0.3 is 0 Å². The van der Waals surface area contributed by atoms with Crippen LogP contribution in [0.2, 0.25) is 0 Å². The lowest BCUT2D eigenvalue weighted by Gasteiger charge is -2.18. The molecule has 0 aliphatic rings. The van der Waals surface area contributed by atoms with Crippen LogP contribution >= 0.6 is 0 Å². The van der Waals surface area contributed by atoms with Gasteiger partial charge in [0.2, 0.25) is 10.0 Å². The first-order valence-corrected chi connectivity index (χ1v) is 7.51. The summed E-state index contributed by atoms with van der Waals surface area (Å²) in [4.78, 5) is -0.0463. The zero-order chi connectivity index (χ0) is 15.6. The van der Waals surface area contributed by atoms with E-state index in [0.717, 1.165) is 10.4 Å². The molecule has 2 rings (SSSR count). The summed E-state index contributed by atoms with van der Waals surface area (Å²) in [6.45, 7) is -0.219. The van der Waals surface area contributed by atoms with Gasteiger partial charge in [-0.3, -0.25) is 0 Å². The molecular formula is C14H14F2N2O2S. The number of halogens is 2. The number of hydrogen-bond donors (Lipinski definition) is 1. The van der Waals surface area contributed by atoms with Gasteiger partial charge in [0.05, 0.1) is 5.69 Å². The number of hydrogen-bond acceptors (Lipinski definition) is 3. The van der Waals surface area contributed by atoms with Crippen molar-refractivity contribution in [1.82, 2.24) is 4.31 Å². The minimum atomic E-state index is -3.85. The van der Waals surface area contributed by atoms with E-state index < -0.39 is 21.7 Å². The first-order valence-electron chi connectivity index (χ1n) is 6.07. The molecule has 7 heteroatoms. The molecule has 0 saturated heterocycles. The van der Waals surface area contributed by atoms with Gasteiger partial charge in [-0.1, -0.05) is 18.2 Å². The zero-order valence-electron chi connectivity index (χ0n) is 11.3. The maximum Gasteiger partial charge on any atom is 0.245 e. The third kappa shape index (κ3) is 3.20. The number of nitrogens with zero attached hydrogens (tertiary/aromatic N) is 1. The fourth-order valence-corrected chi connectivity index (χ4v) is 3.12. The van der Waals surface area contributed by atoms with Crippen LogP contribution in [0, 0.1) is 11.6 Å². The number of nitrogen functional groups attached to an aromatic ring is 1. The smallest absolute Gasteiger partial charge is 0.245 e. The van der Waals surface area contributed by atoms with E-state index in [2.05, 4.69) is 0 Å². The first kappa shape index (κ1) is 15.4. The van der Waals surface area contributed by atoms with E-state index >= 15 is 0 Å². The Morgan fingerprint density at radius 1 is 1.14 bits per heavy atom. The molecule has 112 valence electrons. The summed E-state index contributed by atoms with van der Waals surface area (Å²) >= 11 is 0. The Balaban J connectivity index is 2.31. The molecule has 0 amide bonds. The van der Waals surface area contributed by atoms with Crippen LogP contribution in [0.5, 0.6) is 0 Å². The summed E-state index contributed by atoms with van der Waals surface area (Å²) in [5.41, 5.74) is 5.85. The molecule has 0 spiro atoms. The average molecular weight is 312 g/mol. The Kier molecular flexibility index (Phi) is 4.24. The SMILES string of the molecule is CN(Cc1ccc(F)cc1F)S(=O)(=O)c1ccccc1N. The highest BCUT2D eigenvalue weighted by molar-refractivity contribution is 7.89. The van der Waals surface area contributed by atoms with E-state index in [1.54, 1.807) is 12.1 Å². The second-order valence-corrected chi connectivity index (χ2v) is 6.55. The second kappa shape index (κ2) is 5.79. The van der Waals surface area contributed by atoms with E-state index in [9.17, 15) is 17.2 Å². The number of nitrogens with two attached hydrogens (primary N) is 1. The summed E-state index contributed by atoms with van der Waals surface area (Å²) in [6, 6.07) is 9.03. The minimum Gasteiger partial charge on any atom is -0.398 e. The Morgan fingerprint density at radius 3 is 2.43 bits per heavy atom. The van der Waals surface area contributed by atoms with Gasteiger partial charge in [0.1, 0.15) is 16.5 Å². The van der Waals surface area contributed by atoms with Crippen LogP contribution in [-0.4, -0.2) is 19.8 Å². The molecule has 4 nitrogen and oxygen atoms in total. The topological polar surface area (TPSA) is 63.4 Å². The Morgan fingerprint density at radius 2 is 1.81 bits per heavy atom. The summed E-state index contributed by atoms with van der Waals surface area (Å²) in [6.07, 6.45) is 0. The van der Waals surface area contributed by atoms with Crippen molar-refractivity contribution in [1.29, 1.82) is 0 Å². The van der Waals surface area contributed by atoms with Crippen LogP contribution < -0.4 is 5.73 Å². The molecule has 0 aliphatic heterocycles. The number of para-hydroxylation sites is 1. The minimum absolute atomic E-state index is 0.0463. The summed E-state index contributed by atoms with van der Waals surface area (Å²) in [5, 5.41) is 0. The molecule has 0 fully saturated rings. The third-order valence-electron chi connectivity index (χ3n) is 3.02. The van der Waals surface area contributed by atoms with Gasteiger partial charge in [0.15, 0.2) is 0 Å². The average Bonchev–Trinajstić information content (AvgIpc) is 2.42. The van der Waals surface area contributed by atoms with E-state index in [-0.39, 0.29) is 22.7 Å². The molecule has 0 atom stereocenters. The molecule has 0 bridgehead atoms. The van der Waals surface area contributed by atoms with E-state index in [1.165, 1.54) is 25.2 Å². The van der Waals surface area contributed by atoms with Crippen molar-refractivity contribution in [3.63, 3.8) is 0 Å². The van der Waals surface area contributed by atoms with Gasteiger partial charge in [-0.05, 0) is 18.2 Å². The van der Waals surface area contributed by atoms with Crippen LogP contribution in [0.15, 0.2) is 47.4 Å². The van der Waals surface area contributed by atoms with Crippen molar-refractivity contribution < 1.29 is 17.2 Å². The predicted octanol–water partition coefficient (Wildman–Crippen LogP) is 2.37. The second-order valence-electron chi connectivity index (χ2n) is 4.53. The molecule has 0 radical (unpaired) electrons. The lowest BCUT2D eigenvalue weighted by Crippen LogP contribution is -2.27. The van der Waals surface area contributed by atoms with Crippen molar-refractivity contribution in [3.05, 3.63) is 59.7 Å². The van der Waals surface area contributed by atoms with Crippen LogP contribution in [0.25, 0.3) is 0 Å². The van der Waals surface area contributed by atoms with Crippen molar-refractivity contribution in [3.8, 4) is 0 Å². The maximum absolute atomic E-state index is 13.6. The number of anilines is 1. The van der Waals surface area contributed by atoms with Crippen molar-refractivity contribution in [2.45, 2.75) is 11.4 Å². The fourth-order valence-electron chi connectivity index (χ4n) is 1.86. The molecule has 0 aliphatic carbocycles. The van der Waals surface area contributed by atoms with Gasteiger partial charge in [0.25, 0.3) is 0 Å². The highest BCUT2D eigenvalue weighted by atomic mass is 32.2. The van der Waals surface area contributed by atoms with E-state index in [4.69, 9.17) is 5.73 Å². The predicted molar refractivity (Wildman–Crippen MR) is 75.9 cm³/mol. The molecule has 0 saturated carbocycles. The maximum atomic E-state index is 13.6. The molecule has 2 N–H and O–H groups in total. The largest absolute Gasteiger partial charge is 0.398 e. The lowest BCUT2D eigenvalue weighted by molar-refractivity contribution is 0.455. The fraction of sp³-hybridized carbons (Fsp3) is 0.143. The van der Waals surface area contributed by atoms with Crippen molar-refractivity contribution in [2.24, 2.45) is 0 Å². The quantitative estimate of drug-likeness (QED) is 0.882. The molecule has 2 aromatic carbocycles. The highest BCUT2D eigenvalue weighted by Crippen LogP contribution is 2.23. The van der Waals surface area contributed by atoms with Crippen molar-refractivity contribution in [2.75, 3.05) is 12.8 Å².